The van der Waals surface area contributed by atoms with Gasteiger partial charge in [-0.15, -0.1) is 0 Å². The summed E-state index contributed by atoms with van der Waals surface area (Å²) in [4.78, 5) is 11.8. The Balaban J connectivity index is 1.76. The highest BCUT2D eigenvalue weighted by molar-refractivity contribution is 5.94. The van der Waals surface area contributed by atoms with E-state index < -0.39 is 0 Å². The standard InChI is InChI=1S/C19H20FNO2/c1-2-21-19(22)14-7-10-16(11-8-14)23-18-5-3-4-13-6-9-15(20)12-17(13)18/h6-12,18H,2-5H2,1H3,(H,21,22)/t18-/m1/s1. The molecule has 0 fully saturated rings. The zero-order valence-electron chi connectivity index (χ0n) is 13.1. The molecule has 0 bridgehead atoms. The summed E-state index contributed by atoms with van der Waals surface area (Å²) in [6.45, 7) is 2.48. The third kappa shape index (κ3) is 3.52. The van der Waals surface area contributed by atoms with E-state index in [0.717, 1.165) is 30.4 Å². The molecule has 0 heterocycles. The molecule has 23 heavy (non-hydrogen) atoms. The molecule has 1 N–H and O–H groups in total. The van der Waals surface area contributed by atoms with Gasteiger partial charge in [-0.3, -0.25) is 4.79 Å². The molecular weight excluding hydrogens is 293 g/mol. The SMILES string of the molecule is CCNC(=O)c1ccc(O[C@@H]2CCCc3ccc(F)cc32)cc1. The van der Waals surface area contributed by atoms with Gasteiger partial charge in [-0.1, -0.05) is 6.07 Å². The minimum atomic E-state index is -0.231. The second-order valence-electron chi connectivity index (χ2n) is 5.73. The summed E-state index contributed by atoms with van der Waals surface area (Å²) in [7, 11) is 0. The van der Waals surface area contributed by atoms with Crippen molar-refractivity contribution in [2.24, 2.45) is 0 Å². The lowest BCUT2D eigenvalue weighted by Crippen LogP contribution is -2.22. The molecule has 0 radical (unpaired) electrons. The van der Waals surface area contributed by atoms with Crippen molar-refractivity contribution in [3.8, 4) is 5.75 Å². The van der Waals surface area contributed by atoms with Crippen LogP contribution in [0.1, 0.15) is 47.4 Å². The van der Waals surface area contributed by atoms with E-state index in [9.17, 15) is 9.18 Å². The number of ether oxygens (including phenoxy) is 1. The molecule has 1 amide bonds. The first-order valence-corrected chi connectivity index (χ1v) is 8.00. The van der Waals surface area contributed by atoms with Gasteiger partial charge in [0.2, 0.25) is 0 Å². The number of hydrogen-bond donors (Lipinski definition) is 1. The summed E-state index contributed by atoms with van der Waals surface area (Å²) in [5.41, 5.74) is 2.69. The maximum Gasteiger partial charge on any atom is 0.251 e. The van der Waals surface area contributed by atoms with E-state index in [2.05, 4.69) is 5.32 Å². The van der Waals surface area contributed by atoms with Crippen molar-refractivity contribution in [2.75, 3.05) is 6.54 Å². The second kappa shape index (κ2) is 6.82. The quantitative estimate of drug-likeness (QED) is 0.925. The minimum absolute atomic E-state index is 0.0934. The number of aryl methyl sites for hydroxylation is 1. The molecule has 1 aliphatic carbocycles. The fourth-order valence-electron chi connectivity index (χ4n) is 2.96. The molecule has 120 valence electrons. The lowest BCUT2D eigenvalue weighted by atomic mass is 9.89. The number of halogens is 1. The molecule has 3 rings (SSSR count). The van der Waals surface area contributed by atoms with E-state index in [1.165, 1.54) is 6.07 Å². The predicted octanol–water partition coefficient (Wildman–Crippen LogP) is 4.03. The van der Waals surface area contributed by atoms with Crippen molar-refractivity contribution in [1.29, 1.82) is 0 Å². The first-order valence-electron chi connectivity index (χ1n) is 8.00. The predicted molar refractivity (Wildman–Crippen MR) is 87.2 cm³/mol. The van der Waals surface area contributed by atoms with E-state index in [1.54, 1.807) is 30.3 Å². The second-order valence-corrected chi connectivity index (χ2v) is 5.73. The summed E-state index contributed by atoms with van der Waals surface area (Å²) in [5.74, 6) is 0.370. The average Bonchev–Trinajstić information content (AvgIpc) is 2.56. The number of amides is 1. The Bertz CT molecular complexity index is 697. The van der Waals surface area contributed by atoms with E-state index in [-0.39, 0.29) is 17.8 Å². The first-order chi connectivity index (χ1) is 11.2. The molecule has 0 spiro atoms. The molecule has 2 aromatic carbocycles. The van der Waals surface area contributed by atoms with E-state index in [0.29, 0.717) is 17.9 Å². The number of hydrogen-bond acceptors (Lipinski definition) is 2. The van der Waals surface area contributed by atoms with Crippen LogP contribution in [-0.4, -0.2) is 12.5 Å². The Morgan fingerprint density at radius 3 is 2.78 bits per heavy atom. The van der Waals surface area contributed by atoms with Crippen LogP contribution in [0.25, 0.3) is 0 Å². The average molecular weight is 313 g/mol. The zero-order valence-corrected chi connectivity index (χ0v) is 13.1. The van der Waals surface area contributed by atoms with Crippen LogP contribution in [0, 0.1) is 5.82 Å². The Morgan fingerprint density at radius 2 is 2.04 bits per heavy atom. The highest BCUT2D eigenvalue weighted by Crippen LogP contribution is 2.34. The van der Waals surface area contributed by atoms with Crippen molar-refractivity contribution in [1.82, 2.24) is 5.32 Å². The third-order valence-electron chi connectivity index (χ3n) is 4.10. The maximum absolute atomic E-state index is 13.5. The van der Waals surface area contributed by atoms with Crippen LogP contribution < -0.4 is 10.1 Å². The Kier molecular flexibility index (Phi) is 4.60. The van der Waals surface area contributed by atoms with E-state index >= 15 is 0 Å². The molecule has 4 heteroatoms. The molecule has 0 saturated heterocycles. The van der Waals surface area contributed by atoms with Crippen LogP contribution in [0.2, 0.25) is 0 Å². The summed E-state index contributed by atoms with van der Waals surface area (Å²) in [6.07, 6.45) is 2.73. The topological polar surface area (TPSA) is 38.3 Å². The lowest BCUT2D eigenvalue weighted by Gasteiger charge is -2.26. The number of carbonyl (C=O) groups excluding carboxylic acids is 1. The number of nitrogens with one attached hydrogen (secondary N) is 1. The van der Waals surface area contributed by atoms with Crippen molar-refractivity contribution in [3.05, 3.63) is 65.0 Å². The van der Waals surface area contributed by atoms with E-state index in [1.807, 2.05) is 13.0 Å². The summed E-state index contributed by atoms with van der Waals surface area (Å²) in [5, 5.41) is 2.76. The molecule has 0 saturated carbocycles. The van der Waals surface area contributed by atoms with Crippen LogP contribution in [0.15, 0.2) is 42.5 Å². The van der Waals surface area contributed by atoms with Gasteiger partial charge < -0.3 is 10.1 Å². The van der Waals surface area contributed by atoms with Crippen LogP contribution >= 0.6 is 0 Å². The van der Waals surface area contributed by atoms with Gasteiger partial charge in [-0.25, -0.2) is 4.39 Å². The van der Waals surface area contributed by atoms with Crippen molar-refractivity contribution in [3.63, 3.8) is 0 Å². The summed E-state index contributed by atoms with van der Waals surface area (Å²) in [6, 6.07) is 12.0. The number of fused-ring (bicyclic) bond motifs is 1. The molecular formula is C19H20FNO2. The first kappa shape index (κ1) is 15.5. The Hall–Kier alpha value is -2.36. The molecule has 1 aliphatic rings. The van der Waals surface area contributed by atoms with Crippen molar-refractivity contribution < 1.29 is 13.9 Å². The van der Waals surface area contributed by atoms with Crippen LogP contribution in [-0.2, 0) is 6.42 Å². The monoisotopic (exact) mass is 313 g/mol. The highest BCUT2D eigenvalue weighted by atomic mass is 19.1. The van der Waals surface area contributed by atoms with Gasteiger partial charge in [0, 0.05) is 12.1 Å². The third-order valence-corrected chi connectivity index (χ3v) is 4.10. The van der Waals surface area contributed by atoms with Gasteiger partial charge in [0.05, 0.1) is 0 Å². The molecule has 3 nitrogen and oxygen atoms in total. The normalized spacial score (nSPS) is 16.5. The fraction of sp³-hybridized carbons (Fsp3) is 0.316. The number of benzene rings is 2. The highest BCUT2D eigenvalue weighted by Gasteiger charge is 2.22. The van der Waals surface area contributed by atoms with Crippen molar-refractivity contribution >= 4 is 5.91 Å². The van der Waals surface area contributed by atoms with Gasteiger partial charge >= 0.3 is 0 Å². The van der Waals surface area contributed by atoms with E-state index in [4.69, 9.17) is 4.74 Å². The Labute approximate surface area is 135 Å². The van der Waals surface area contributed by atoms with Gasteiger partial charge in [0.15, 0.2) is 0 Å². The summed E-state index contributed by atoms with van der Waals surface area (Å²) >= 11 is 0. The molecule has 0 aromatic heterocycles. The van der Waals surface area contributed by atoms with Crippen LogP contribution in [0.5, 0.6) is 5.75 Å². The summed E-state index contributed by atoms with van der Waals surface area (Å²) < 4.78 is 19.6. The van der Waals surface area contributed by atoms with Crippen LogP contribution in [0.4, 0.5) is 4.39 Å². The smallest absolute Gasteiger partial charge is 0.251 e. The number of rotatable bonds is 4. The zero-order chi connectivity index (χ0) is 16.2. The van der Waals surface area contributed by atoms with Gasteiger partial charge in [0.25, 0.3) is 5.91 Å². The molecule has 0 unspecified atom stereocenters. The maximum atomic E-state index is 13.5. The number of carbonyl (C=O) groups is 1. The molecule has 2 aromatic rings. The lowest BCUT2D eigenvalue weighted by molar-refractivity contribution is 0.0955. The Morgan fingerprint density at radius 1 is 1.26 bits per heavy atom. The van der Waals surface area contributed by atoms with Gasteiger partial charge in [-0.2, -0.15) is 0 Å². The van der Waals surface area contributed by atoms with Crippen LogP contribution in [0.3, 0.4) is 0 Å². The fourth-order valence-corrected chi connectivity index (χ4v) is 2.96. The van der Waals surface area contributed by atoms with Gasteiger partial charge in [0.1, 0.15) is 17.7 Å². The molecule has 0 aliphatic heterocycles. The largest absolute Gasteiger partial charge is 0.486 e. The molecule has 1 atom stereocenters. The van der Waals surface area contributed by atoms with Gasteiger partial charge in [-0.05, 0) is 73.7 Å². The minimum Gasteiger partial charge on any atom is -0.486 e. The van der Waals surface area contributed by atoms with Crippen molar-refractivity contribution in [2.45, 2.75) is 32.3 Å².